The van der Waals surface area contributed by atoms with Gasteiger partial charge in [-0.1, -0.05) is 6.92 Å². The van der Waals surface area contributed by atoms with Gasteiger partial charge in [-0.25, -0.2) is 4.79 Å². The van der Waals surface area contributed by atoms with E-state index in [1.165, 1.54) is 0 Å². The third kappa shape index (κ3) is 4.38. The molecule has 1 saturated heterocycles. The minimum Gasteiger partial charge on any atom is -0.481 e. The topological polar surface area (TPSA) is 78.9 Å². The summed E-state index contributed by atoms with van der Waals surface area (Å²) in [5.74, 6) is -1.55. The molecule has 0 radical (unpaired) electrons. The maximum Gasteiger partial charge on any atom is 0.318 e. The highest BCUT2D eigenvalue weighted by molar-refractivity contribution is 5.77. The molecular weight excluding hydrogens is 248 g/mol. The van der Waals surface area contributed by atoms with Gasteiger partial charge < -0.3 is 20.1 Å². The van der Waals surface area contributed by atoms with Crippen LogP contribution < -0.4 is 5.32 Å². The zero-order valence-electron chi connectivity index (χ0n) is 12.1. The van der Waals surface area contributed by atoms with Gasteiger partial charge in [-0.05, 0) is 27.2 Å². The first-order chi connectivity index (χ1) is 8.76. The summed E-state index contributed by atoms with van der Waals surface area (Å²) in [6.07, 6.45) is 0.778. The standard InChI is InChI=1S/C13H24N2O4/c1-5-6-15(12(18)14-13(2,3)4)10-8-19-7-9(10)11(16)17/h9-10H,5-8H2,1-4H3,(H,14,18)(H,16,17). The van der Waals surface area contributed by atoms with Crippen molar-refractivity contribution in [2.24, 2.45) is 5.92 Å². The Morgan fingerprint density at radius 2 is 2.00 bits per heavy atom. The number of nitrogens with one attached hydrogen (secondary N) is 1. The van der Waals surface area contributed by atoms with Crippen LogP contribution in [0.3, 0.4) is 0 Å². The van der Waals surface area contributed by atoms with Crippen molar-refractivity contribution in [3.63, 3.8) is 0 Å². The number of carboxylic acids is 1. The SMILES string of the molecule is CCCN(C(=O)NC(C)(C)C)C1COCC1C(=O)O. The van der Waals surface area contributed by atoms with Gasteiger partial charge in [0.05, 0.1) is 19.3 Å². The maximum atomic E-state index is 12.3. The third-order valence-electron chi connectivity index (χ3n) is 2.98. The zero-order valence-corrected chi connectivity index (χ0v) is 12.1. The van der Waals surface area contributed by atoms with Crippen LogP contribution in [0.5, 0.6) is 0 Å². The molecule has 6 heteroatoms. The molecule has 0 bridgehead atoms. The van der Waals surface area contributed by atoms with Crippen LogP contribution in [-0.4, -0.2) is 53.3 Å². The van der Waals surface area contributed by atoms with Crippen molar-refractivity contribution < 1.29 is 19.4 Å². The summed E-state index contributed by atoms with van der Waals surface area (Å²) in [5.41, 5.74) is -0.346. The smallest absolute Gasteiger partial charge is 0.318 e. The number of hydrogen-bond acceptors (Lipinski definition) is 3. The molecule has 0 aromatic rings. The summed E-state index contributed by atoms with van der Waals surface area (Å²) in [7, 11) is 0. The normalized spacial score (nSPS) is 23.2. The van der Waals surface area contributed by atoms with Gasteiger partial charge in [0.2, 0.25) is 0 Å². The van der Waals surface area contributed by atoms with Gasteiger partial charge in [-0.15, -0.1) is 0 Å². The quantitative estimate of drug-likeness (QED) is 0.808. The minimum atomic E-state index is -0.910. The average molecular weight is 272 g/mol. The Balaban J connectivity index is 2.81. The van der Waals surface area contributed by atoms with Crippen molar-refractivity contribution in [1.82, 2.24) is 10.2 Å². The fourth-order valence-electron chi connectivity index (χ4n) is 2.14. The number of amides is 2. The number of aliphatic carboxylic acids is 1. The van der Waals surface area contributed by atoms with Crippen LogP contribution in [0.25, 0.3) is 0 Å². The number of nitrogens with zero attached hydrogens (tertiary/aromatic N) is 1. The maximum absolute atomic E-state index is 12.3. The number of urea groups is 1. The van der Waals surface area contributed by atoms with E-state index in [1.807, 2.05) is 27.7 Å². The Morgan fingerprint density at radius 3 is 2.47 bits per heavy atom. The molecule has 1 aliphatic rings. The van der Waals surface area contributed by atoms with Crippen molar-refractivity contribution in [1.29, 1.82) is 0 Å². The molecule has 1 heterocycles. The Kier molecular flexibility index (Phi) is 5.17. The highest BCUT2D eigenvalue weighted by Crippen LogP contribution is 2.21. The summed E-state index contributed by atoms with van der Waals surface area (Å²) < 4.78 is 5.24. The fraction of sp³-hybridized carbons (Fsp3) is 0.846. The van der Waals surface area contributed by atoms with Gasteiger partial charge in [0, 0.05) is 12.1 Å². The van der Waals surface area contributed by atoms with Crippen molar-refractivity contribution in [2.75, 3.05) is 19.8 Å². The van der Waals surface area contributed by atoms with Crippen molar-refractivity contribution in [3.05, 3.63) is 0 Å². The summed E-state index contributed by atoms with van der Waals surface area (Å²) >= 11 is 0. The molecule has 110 valence electrons. The molecular formula is C13H24N2O4. The molecule has 1 rings (SSSR count). The number of carboxylic acid groups (broad SMARTS) is 1. The predicted octanol–water partition coefficient (Wildman–Crippen LogP) is 1.31. The molecule has 1 aliphatic heterocycles. The van der Waals surface area contributed by atoms with Gasteiger partial charge in [0.1, 0.15) is 5.92 Å². The fourth-order valence-corrected chi connectivity index (χ4v) is 2.14. The van der Waals surface area contributed by atoms with Crippen molar-refractivity contribution in [2.45, 2.75) is 45.7 Å². The van der Waals surface area contributed by atoms with E-state index in [-0.39, 0.29) is 30.8 Å². The Morgan fingerprint density at radius 1 is 1.37 bits per heavy atom. The lowest BCUT2D eigenvalue weighted by Crippen LogP contribution is -2.54. The molecule has 2 unspecified atom stereocenters. The molecule has 0 saturated carbocycles. The zero-order chi connectivity index (χ0) is 14.6. The van der Waals surface area contributed by atoms with Crippen LogP contribution in [0.1, 0.15) is 34.1 Å². The number of hydrogen-bond donors (Lipinski definition) is 2. The Hall–Kier alpha value is -1.30. The Labute approximate surface area is 114 Å². The third-order valence-corrected chi connectivity index (χ3v) is 2.98. The van der Waals surface area contributed by atoms with Crippen LogP contribution in [-0.2, 0) is 9.53 Å². The molecule has 0 spiro atoms. The molecule has 19 heavy (non-hydrogen) atoms. The lowest BCUT2D eigenvalue weighted by molar-refractivity contribution is -0.142. The minimum absolute atomic E-state index is 0.170. The average Bonchev–Trinajstić information content (AvgIpc) is 2.71. The van der Waals surface area contributed by atoms with Crippen LogP contribution >= 0.6 is 0 Å². The highest BCUT2D eigenvalue weighted by atomic mass is 16.5. The first-order valence-corrected chi connectivity index (χ1v) is 6.65. The number of ether oxygens (including phenoxy) is 1. The lowest BCUT2D eigenvalue weighted by atomic mass is 10.0. The molecule has 0 aliphatic carbocycles. The van der Waals surface area contributed by atoms with E-state index in [1.54, 1.807) is 4.90 Å². The van der Waals surface area contributed by atoms with Crippen LogP contribution in [0.15, 0.2) is 0 Å². The van der Waals surface area contributed by atoms with Gasteiger partial charge in [0.25, 0.3) is 0 Å². The molecule has 2 N–H and O–H groups in total. The molecule has 1 fully saturated rings. The first-order valence-electron chi connectivity index (χ1n) is 6.65. The summed E-state index contributed by atoms with van der Waals surface area (Å²) in [6.45, 7) is 8.64. The molecule has 0 aromatic heterocycles. The first kappa shape index (κ1) is 15.8. The number of carbonyl (C=O) groups excluding carboxylic acids is 1. The summed E-state index contributed by atoms with van der Waals surface area (Å²) in [5, 5.41) is 12.1. The van der Waals surface area contributed by atoms with E-state index in [9.17, 15) is 14.7 Å². The van der Waals surface area contributed by atoms with E-state index >= 15 is 0 Å². The second-order valence-electron chi connectivity index (χ2n) is 5.92. The van der Waals surface area contributed by atoms with E-state index < -0.39 is 11.9 Å². The van der Waals surface area contributed by atoms with E-state index in [0.29, 0.717) is 6.54 Å². The predicted molar refractivity (Wildman–Crippen MR) is 71.0 cm³/mol. The number of carbonyl (C=O) groups is 2. The van der Waals surface area contributed by atoms with E-state index in [2.05, 4.69) is 5.32 Å². The van der Waals surface area contributed by atoms with Gasteiger partial charge >= 0.3 is 12.0 Å². The Bertz CT molecular complexity index is 338. The highest BCUT2D eigenvalue weighted by Gasteiger charge is 2.40. The lowest BCUT2D eigenvalue weighted by Gasteiger charge is -2.33. The molecule has 6 nitrogen and oxygen atoms in total. The second-order valence-corrected chi connectivity index (χ2v) is 5.92. The van der Waals surface area contributed by atoms with Gasteiger partial charge in [-0.2, -0.15) is 0 Å². The van der Waals surface area contributed by atoms with E-state index in [4.69, 9.17) is 4.74 Å². The van der Waals surface area contributed by atoms with Gasteiger partial charge in [-0.3, -0.25) is 4.79 Å². The van der Waals surface area contributed by atoms with Gasteiger partial charge in [0.15, 0.2) is 0 Å². The van der Waals surface area contributed by atoms with Crippen molar-refractivity contribution in [3.8, 4) is 0 Å². The summed E-state index contributed by atoms with van der Waals surface area (Å²) in [4.78, 5) is 25.1. The van der Waals surface area contributed by atoms with Crippen molar-refractivity contribution >= 4 is 12.0 Å². The summed E-state index contributed by atoms with van der Waals surface area (Å²) in [6, 6.07) is -0.615. The molecule has 0 aromatic carbocycles. The molecule has 2 atom stereocenters. The van der Waals surface area contributed by atoms with E-state index in [0.717, 1.165) is 6.42 Å². The van der Waals surface area contributed by atoms with Crippen LogP contribution in [0.2, 0.25) is 0 Å². The molecule has 2 amide bonds. The number of rotatable bonds is 4. The van der Waals surface area contributed by atoms with Crippen LogP contribution in [0.4, 0.5) is 4.79 Å². The monoisotopic (exact) mass is 272 g/mol. The largest absolute Gasteiger partial charge is 0.481 e. The second kappa shape index (κ2) is 6.23. The van der Waals surface area contributed by atoms with Crippen LogP contribution in [0, 0.1) is 5.92 Å².